The highest BCUT2D eigenvalue weighted by molar-refractivity contribution is 9.11. The molecule has 31 heavy (non-hydrogen) atoms. The summed E-state index contributed by atoms with van der Waals surface area (Å²) < 4.78 is 34.9. The van der Waals surface area contributed by atoms with Crippen molar-refractivity contribution in [1.29, 1.82) is 0 Å². The molecule has 0 saturated heterocycles. The standard InChI is InChI=1S/C22H19Br2NO5S/c23-19-12-15(9-10-21(26)27)13-20(24)22(19)30-14-16-5-4-6-17(11-16)25-31(28,29)18-7-2-1-3-8-18/h1-8,11-13,25H,9-10,14H2,(H,26,27). The highest BCUT2D eigenvalue weighted by Crippen LogP contribution is 2.35. The number of sulfonamides is 1. The molecule has 0 unspecified atom stereocenters. The monoisotopic (exact) mass is 567 g/mol. The van der Waals surface area contributed by atoms with Crippen LogP contribution in [0.5, 0.6) is 5.75 Å². The molecule has 0 aliphatic rings. The second-order valence-corrected chi connectivity index (χ2v) is 10.1. The number of aryl methyl sites for hydroxylation is 1. The molecule has 0 saturated carbocycles. The van der Waals surface area contributed by atoms with Gasteiger partial charge in [0.1, 0.15) is 12.4 Å². The van der Waals surface area contributed by atoms with Crippen molar-refractivity contribution < 1.29 is 23.1 Å². The predicted molar refractivity (Wildman–Crippen MR) is 126 cm³/mol. The van der Waals surface area contributed by atoms with Crippen molar-refractivity contribution in [1.82, 2.24) is 0 Å². The van der Waals surface area contributed by atoms with Gasteiger partial charge in [-0.3, -0.25) is 9.52 Å². The molecule has 0 aliphatic heterocycles. The smallest absolute Gasteiger partial charge is 0.303 e. The zero-order valence-electron chi connectivity index (χ0n) is 16.2. The van der Waals surface area contributed by atoms with Gasteiger partial charge in [0.2, 0.25) is 0 Å². The first kappa shape index (κ1) is 23.3. The average Bonchev–Trinajstić information content (AvgIpc) is 2.72. The Morgan fingerprint density at radius 1 is 0.935 bits per heavy atom. The number of ether oxygens (including phenoxy) is 1. The first-order valence-corrected chi connectivity index (χ1v) is 12.3. The summed E-state index contributed by atoms with van der Waals surface area (Å²) in [4.78, 5) is 11.0. The van der Waals surface area contributed by atoms with Gasteiger partial charge in [0.05, 0.1) is 13.8 Å². The fourth-order valence-corrected chi connectivity index (χ4v) is 5.42. The molecule has 0 aliphatic carbocycles. The summed E-state index contributed by atoms with van der Waals surface area (Å²) in [6.07, 6.45) is 0.460. The number of benzene rings is 3. The lowest BCUT2D eigenvalue weighted by atomic mass is 10.1. The molecule has 0 bridgehead atoms. The third kappa shape index (κ3) is 6.56. The number of halogens is 2. The zero-order chi connectivity index (χ0) is 22.4. The van der Waals surface area contributed by atoms with Crippen molar-refractivity contribution in [3.8, 4) is 5.75 Å². The van der Waals surface area contributed by atoms with Crippen LogP contribution in [0.25, 0.3) is 0 Å². The second kappa shape index (κ2) is 10.3. The summed E-state index contributed by atoms with van der Waals surface area (Å²) >= 11 is 6.93. The minimum Gasteiger partial charge on any atom is -0.487 e. The maximum atomic E-state index is 12.5. The van der Waals surface area contributed by atoms with Gasteiger partial charge in [-0.15, -0.1) is 0 Å². The number of carboxylic acid groups (broad SMARTS) is 1. The van der Waals surface area contributed by atoms with Crippen LogP contribution < -0.4 is 9.46 Å². The van der Waals surface area contributed by atoms with E-state index in [9.17, 15) is 13.2 Å². The second-order valence-electron chi connectivity index (χ2n) is 6.69. The summed E-state index contributed by atoms with van der Waals surface area (Å²) in [6, 6.07) is 18.8. The Kier molecular flexibility index (Phi) is 7.74. The maximum absolute atomic E-state index is 12.5. The molecule has 0 aromatic heterocycles. The summed E-state index contributed by atoms with van der Waals surface area (Å²) in [5.74, 6) is -0.273. The number of rotatable bonds is 9. The van der Waals surface area contributed by atoms with Crippen LogP contribution in [0.4, 0.5) is 5.69 Å². The molecule has 0 atom stereocenters. The van der Waals surface area contributed by atoms with Crippen LogP contribution >= 0.6 is 31.9 Å². The fourth-order valence-electron chi connectivity index (χ4n) is 2.84. The Morgan fingerprint density at radius 3 is 2.26 bits per heavy atom. The van der Waals surface area contributed by atoms with Gasteiger partial charge in [-0.05, 0) is 85.8 Å². The van der Waals surface area contributed by atoms with Crippen molar-refractivity contribution in [2.45, 2.75) is 24.3 Å². The Bertz CT molecular complexity index is 1160. The number of hydrogen-bond acceptors (Lipinski definition) is 4. The number of carboxylic acids is 1. The summed E-state index contributed by atoms with van der Waals surface area (Å²) in [5.41, 5.74) is 2.08. The number of carbonyl (C=O) groups is 1. The Hall–Kier alpha value is -2.36. The molecular weight excluding hydrogens is 550 g/mol. The van der Waals surface area contributed by atoms with Crippen LogP contribution in [0, 0.1) is 0 Å². The summed E-state index contributed by atoms with van der Waals surface area (Å²) in [6.45, 7) is 0.215. The van der Waals surface area contributed by atoms with E-state index >= 15 is 0 Å². The van der Waals surface area contributed by atoms with E-state index < -0.39 is 16.0 Å². The fraction of sp³-hybridized carbons (Fsp3) is 0.136. The van der Waals surface area contributed by atoms with Crippen LogP contribution in [0.2, 0.25) is 0 Å². The molecule has 3 aromatic carbocycles. The summed E-state index contributed by atoms with van der Waals surface area (Å²) in [7, 11) is -3.67. The minimum absolute atomic E-state index is 0.0464. The van der Waals surface area contributed by atoms with Crippen LogP contribution in [-0.4, -0.2) is 19.5 Å². The normalized spacial score (nSPS) is 11.2. The lowest BCUT2D eigenvalue weighted by Gasteiger charge is -2.13. The van der Waals surface area contributed by atoms with Gasteiger partial charge in [-0.25, -0.2) is 8.42 Å². The van der Waals surface area contributed by atoms with E-state index in [-0.39, 0.29) is 17.9 Å². The first-order chi connectivity index (χ1) is 14.7. The van der Waals surface area contributed by atoms with Crippen molar-refractivity contribution in [2.24, 2.45) is 0 Å². The van der Waals surface area contributed by atoms with Crippen LogP contribution in [0.3, 0.4) is 0 Å². The van der Waals surface area contributed by atoms with Gasteiger partial charge in [-0.1, -0.05) is 30.3 Å². The van der Waals surface area contributed by atoms with Gasteiger partial charge in [-0.2, -0.15) is 0 Å². The molecule has 3 rings (SSSR count). The Balaban J connectivity index is 1.70. The summed E-state index contributed by atoms with van der Waals surface area (Å²) in [5, 5.41) is 8.85. The molecular formula is C22H19Br2NO5S. The minimum atomic E-state index is -3.67. The third-order valence-electron chi connectivity index (χ3n) is 4.30. The van der Waals surface area contributed by atoms with Gasteiger partial charge < -0.3 is 9.84 Å². The average molecular weight is 569 g/mol. The van der Waals surface area contributed by atoms with Crippen molar-refractivity contribution >= 4 is 53.5 Å². The lowest BCUT2D eigenvalue weighted by molar-refractivity contribution is -0.136. The number of nitrogens with one attached hydrogen (secondary N) is 1. The number of hydrogen-bond donors (Lipinski definition) is 2. The number of anilines is 1. The topological polar surface area (TPSA) is 92.7 Å². The molecule has 9 heteroatoms. The molecule has 3 aromatic rings. The molecule has 0 heterocycles. The largest absolute Gasteiger partial charge is 0.487 e. The highest BCUT2D eigenvalue weighted by Gasteiger charge is 2.14. The van der Waals surface area contributed by atoms with E-state index in [0.717, 1.165) is 11.1 Å². The van der Waals surface area contributed by atoms with E-state index in [0.29, 0.717) is 26.8 Å². The van der Waals surface area contributed by atoms with Crippen molar-refractivity contribution in [3.05, 3.63) is 86.8 Å². The zero-order valence-corrected chi connectivity index (χ0v) is 20.2. The van der Waals surface area contributed by atoms with Gasteiger partial charge in [0.15, 0.2) is 0 Å². The molecule has 0 fully saturated rings. The van der Waals surface area contributed by atoms with Gasteiger partial charge in [0, 0.05) is 12.1 Å². The van der Waals surface area contributed by atoms with Gasteiger partial charge >= 0.3 is 5.97 Å². The number of aliphatic carboxylic acids is 1. The van der Waals surface area contributed by atoms with Crippen LogP contribution in [0.15, 0.2) is 80.6 Å². The van der Waals surface area contributed by atoms with E-state index in [2.05, 4.69) is 36.6 Å². The molecule has 0 amide bonds. The van der Waals surface area contributed by atoms with E-state index in [1.165, 1.54) is 12.1 Å². The van der Waals surface area contributed by atoms with E-state index in [1.807, 2.05) is 18.2 Å². The van der Waals surface area contributed by atoms with E-state index in [1.54, 1.807) is 36.4 Å². The first-order valence-electron chi connectivity index (χ1n) is 9.24. The van der Waals surface area contributed by atoms with Crippen molar-refractivity contribution in [2.75, 3.05) is 4.72 Å². The molecule has 0 spiro atoms. The Morgan fingerprint density at radius 2 is 1.61 bits per heavy atom. The predicted octanol–water partition coefficient (Wildman–Crippen LogP) is 5.61. The Labute approximate surface area is 197 Å². The highest BCUT2D eigenvalue weighted by atomic mass is 79.9. The molecule has 6 nitrogen and oxygen atoms in total. The van der Waals surface area contributed by atoms with Crippen LogP contribution in [-0.2, 0) is 27.8 Å². The van der Waals surface area contributed by atoms with Gasteiger partial charge in [0.25, 0.3) is 10.0 Å². The quantitative estimate of drug-likeness (QED) is 0.350. The molecule has 2 N–H and O–H groups in total. The molecule has 162 valence electrons. The van der Waals surface area contributed by atoms with E-state index in [4.69, 9.17) is 9.84 Å². The SMILES string of the molecule is O=C(O)CCc1cc(Br)c(OCc2cccc(NS(=O)(=O)c3ccccc3)c2)c(Br)c1. The molecule has 0 radical (unpaired) electrons. The lowest BCUT2D eigenvalue weighted by Crippen LogP contribution is -2.13. The van der Waals surface area contributed by atoms with Crippen molar-refractivity contribution in [3.63, 3.8) is 0 Å². The third-order valence-corrected chi connectivity index (χ3v) is 6.88. The maximum Gasteiger partial charge on any atom is 0.303 e. The van der Waals surface area contributed by atoms with Crippen LogP contribution in [0.1, 0.15) is 17.5 Å².